The first-order chi connectivity index (χ1) is 25.1. The van der Waals surface area contributed by atoms with E-state index in [-0.39, 0.29) is 34.6 Å². The predicted octanol–water partition coefficient (Wildman–Crippen LogP) is 13.9. The molecule has 0 radical (unpaired) electrons. The van der Waals surface area contributed by atoms with Crippen LogP contribution in [0.25, 0.3) is 0 Å². The van der Waals surface area contributed by atoms with Gasteiger partial charge in [0, 0.05) is 35.7 Å². The van der Waals surface area contributed by atoms with Gasteiger partial charge in [0.25, 0.3) is 0 Å². The number of likely N-dealkylation sites (tertiary alicyclic amines) is 2. The van der Waals surface area contributed by atoms with E-state index in [1.54, 1.807) is 0 Å². The Labute approximate surface area is 338 Å². The molecule has 6 atom stereocenters. The van der Waals surface area contributed by atoms with E-state index in [0.29, 0.717) is 11.2 Å². The molecule has 2 aliphatic heterocycles. The molecule has 302 valence electrons. The van der Waals surface area contributed by atoms with Crippen molar-refractivity contribution in [2.45, 2.75) is 170 Å². The number of nitrogens with zero attached hydrogens (tertiary/aromatic N) is 2. The Bertz CT molecular complexity index is 1500. The quantitative estimate of drug-likeness (QED) is 0.0869. The lowest BCUT2D eigenvalue weighted by Gasteiger charge is -2.46. The molecular formula is C50H80N2OS. The standard InChI is InChI=1S/C50H80N2OS/c1-18-19-25-36(4)30-31-47(12,13)40(8)37(5)26-23-32-51-39(7)34-45(41(51)9)54-33-24-27-38(6)50(17)43(11)49(16,46(53)52(50)35(2)3)42(10)48(14,15)44-28-21-20-22-29-44/h20-22,28-29,35,40,42-43,45H,4-7,9,18-19,23-27,30-34H2,1-3,8,10-17H3. The van der Waals surface area contributed by atoms with Crippen LogP contribution in [0.2, 0.25) is 0 Å². The molecule has 2 saturated heterocycles. The number of rotatable bonds is 22. The Hall–Kier alpha value is -2.46. The monoisotopic (exact) mass is 757 g/mol. The summed E-state index contributed by atoms with van der Waals surface area (Å²) < 4.78 is 0. The number of amides is 1. The third-order valence-corrected chi connectivity index (χ3v) is 16.2. The lowest BCUT2D eigenvalue weighted by atomic mass is 9.56. The number of unbranched alkanes of at least 4 members (excludes halogenated alkanes) is 1. The molecule has 1 aromatic rings. The second kappa shape index (κ2) is 18.7. The SMILES string of the molecule is C=C(CCCC)CCC(C)(C)C(C)C(=C)CCCN1C(=C)CC(SCCCC(=C)C2(C)C(C)C(C)(C(C)C(C)(C)c3ccccc3)C(=O)N2C(C)C)C1=C. The molecule has 2 aliphatic rings. The smallest absolute Gasteiger partial charge is 0.230 e. The summed E-state index contributed by atoms with van der Waals surface area (Å²) in [6.07, 6.45) is 10.9. The fourth-order valence-electron chi connectivity index (χ4n) is 9.66. The summed E-state index contributed by atoms with van der Waals surface area (Å²) in [6, 6.07) is 10.8. The lowest BCUT2D eigenvalue weighted by molar-refractivity contribution is -0.142. The van der Waals surface area contributed by atoms with Crippen LogP contribution in [0, 0.1) is 28.6 Å². The maximum atomic E-state index is 14.6. The van der Waals surface area contributed by atoms with Gasteiger partial charge in [-0.3, -0.25) is 4.79 Å². The van der Waals surface area contributed by atoms with E-state index >= 15 is 0 Å². The summed E-state index contributed by atoms with van der Waals surface area (Å²) in [5, 5.41) is 0.367. The van der Waals surface area contributed by atoms with Crippen molar-refractivity contribution in [1.82, 2.24) is 9.80 Å². The molecule has 1 aromatic carbocycles. The summed E-state index contributed by atoms with van der Waals surface area (Å²) >= 11 is 2.01. The van der Waals surface area contributed by atoms with Crippen LogP contribution in [-0.2, 0) is 10.2 Å². The first-order valence-corrected chi connectivity index (χ1v) is 22.3. The fraction of sp³-hybridized carbons (Fsp3) is 0.660. The van der Waals surface area contributed by atoms with E-state index < -0.39 is 11.0 Å². The van der Waals surface area contributed by atoms with Crippen molar-refractivity contribution in [2.24, 2.45) is 28.6 Å². The molecule has 0 saturated carbocycles. The molecule has 0 aliphatic carbocycles. The van der Waals surface area contributed by atoms with Crippen LogP contribution < -0.4 is 0 Å². The third-order valence-electron chi connectivity index (χ3n) is 14.8. The Morgan fingerprint density at radius 3 is 2.15 bits per heavy atom. The number of benzene rings is 1. The van der Waals surface area contributed by atoms with Gasteiger partial charge in [0.05, 0.1) is 11.0 Å². The number of hydrogen-bond acceptors (Lipinski definition) is 3. The van der Waals surface area contributed by atoms with Gasteiger partial charge in [-0.2, -0.15) is 11.8 Å². The number of carbonyl (C=O) groups excluding carboxylic acids is 1. The molecule has 1 amide bonds. The van der Waals surface area contributed by atoms with Gasteiger partial charge in [0.2, 0.25) is 5.91 Å². The molecule has 2 fully saturated rings. The second-order valence-corrected chi connectivity index (χ2v) is 20.3. The third kappa shape index (κ3) is 9.55. The highest BCUT2D eigenvalue weighted by Gasteiger charge is 2.65. The molecule has 3 rings (SSSR count). The normalized spacial score (nSPS) is 24.8. The summed E-state index contributed by atoms with van der Waals surface area (Å²) in [4.78, 5) is 19.2. The van der Waals surface area contributed by atoms with Gasteiger partial charge in [-0.25, -0.2) is 0 Å². The van der Waals surface area contributed by atoms with Crippen LogP contribution in [0.5, 0.6) is 0 Å². The van der Waals surface area contributed by atoms with Crippen molar-refractivity contribution in [2.75, 3.05) is 12.3 Å². The van der Waals surface area contributed by atoms with E-state index in [9.17, 15) is 4.79 Å². The van der Waals surface area contributed by atoms with E-state index in [1.807, 2.05) is 11.8 Å². The highest BCUT2D eigenvalue weighted by Crippen LogP contribution is 2.59. The minimum Gasteiger partial charge on any atom is -0.349 e. The van der Waals surface area contributed by atoms with Crippen molar-refractivity contribution in [3.8, 4) is 0 Å². The highest BCUT2D eigenvalue weighted by atomic mass is 32.2. The van der Waals surface area contributed by atoms with Crippen LogP contribution in [0.4, 0.5) is 0 Å². The van der Waals surface area contributed by atoms with E-state index in [2.05, 4.69) is 150 Å². The summed E-state index contributed by atoms with van der Waals surface area (Å²) in [5.41, 5.74) is 6.73. The molecule has 0 bridgehead atoms. The zero-order chi connectivity index (χ0) is 40.8. The minimum atomic E-state index is -0.522. The highest BCUT2D eigenvalue weighted by molar-refractivity contribution is 8.00. The molecule has 4 heteroatoms. The van der Waals surface area contributed by atoms with Gasteiger partial charge < -0.3 is 9.80 Å². The van der Waals surface area contributed by atoms with Crippen LogP contribution in [0.3, 0.4) is 0 Å². The van der Waals surface area contributed by atoms with Gasteiger partial charge >= 0.3 is 0 Å². The van der Waals surface area contributed by atoms with Crippen LogP contribution in [-0.4, -0.2) is 44.8 Å². The zero-order valence-corrected chi connectivity index (χ0v) is 37.8. The molecule has 0 spiro atoms. The molecule has 0 N–H and O–H groups in total. The average molecular weight is 757 g/mol. The average Bonchev–Trinajstić information content (AvgIpc) is 3.49. The van der Waals surface area contributed by atoms with E-state index in [4.69, 9.17) is 6.58 Å². The van der Waals surface area contributed by atoms with Crippen molar-refractivity contribution >= 4 is 17.7 Å². The van der Waals surface area contributed by atoms with Crippen LogP contribution >= 0.6 is 11.8 Å². The molecule has 2 heterocycles. The van der Waals surface area contributed by atoms with Gasteiger partial charge in [-0.05, 0) is 112 Å². The van der Waals surface area contributed by atoms with Crippen molar-refractivity contribution in [3.05, 3.63) is 96.9 Å². The Kier molecular flexibility index (Phi) is 15.9. The number of allylic oxidation sites excluding steroid dienone is 3. The van der Waals surface area contributed by atoms with E-state index in [0.717, 1.165) is 57.2 Å². The van der Waals surface area contributed by atoms with Gasteiger partial charge in [-0.15, -0.1) is 0 Å². The molecule has 0 aromatic heterocycles. The maximum Gasteiger partial charge on any atom is 0.230 e. The number of thioether (sulfide) groups is 1. The zero-order valence-electron chi connectivity index (χ0n) is 37.0. The number of carbonyl (C=O) groups is 1. The predicted molar refractivity (Wildman–Crippen MR) is 240 cm³/mol. The van der Waals surface area contributed by atoms with Crippen LogP contribution in [0.1, 0.15) is 153 Å². The topological polar surface area (TPSA) is 23.6 Å². The first kappa shape index (κ1) is 45.9. The van der Waals surface area contributed by atoms with Crippen LogP contribution in [0.15, 0.2) is 91.3 Å². The molecular weight excluding hydrogens is 677 g/mol. The Balaban J connectivity index is 1.55. The summed E-state index contributed by atoms with van der Waals surface area (Å²) in [7, 11) is 0. The van der Waals surface area contributed by atoms with Gasteiger partial charge in [0.1, 0.15) is 0 Å². The molecule has 54 heavy (non-hydrogen) atoms. The first-order valence-electron chi connectivity index (χ1n) is 21.3. The molecule has 3 nitrogen and oxygen atoms in total. The van der Waals surface area contributed by atoms with E-state index in [1.165, 1.54) is 52.9 Å². The largest absolute Gasteiger partial charge is 0.349 e. The van der Waals surface area contributed by atoms with Crippen molar-refractivity contribution in [3.63, 3.8) is 0 Å². The van der Waals surface area contributed by atoms with Crippen molar-refractivity contribution in [1.29, 1.82) is 0 Å². The maximum absolute atomic E-state index is 14.6. The summed E-state index contributed by atoms with van der Waals surface area (Å²) in [6.45, 7) is 51.1. The summed E-state index contributed by atoms with van der Waals surface area (Å²) in [5.74, 6) is 2.02. The second-order valence-electron chi connectivity index (χ2n) is 19.0. The Morgan fingerprint density at radius 1 is 0.926 bits per heavy atom. The molecule has 6 unspecified atom stereocenters. The minimum absolute atomic E-state index is 0.0939. The van der Waals surface area contributed by atoms with Crippen molar-refractivity contribution < 1.29 is 4.79 Å². The lowest BCUT2D eigenvalue weighted by Crippen LogP contribution is -2.50. The Morgan fingerprint density at radius 2 is 1.56 bits per heavy atom. The van der Waals surface area contributed by atoms with Gasteiger partial charge in [0.15, 0.2) is 0 Å². The fourth-order valence-corrected chi connectivity index (χ4v) is 10.9. The number of hydrogen-bond donors (Lipinski definition) is 0. The van der Waals surface area contributed by atoms with Gasteiger partial charge in [-0.1, -0.05) is 149 Å².